The van der Waals surface area contributed by atoms with E-state index in [1.807, 2.05) is 0 Å². The summed E-state index contributed by atoms with van der Waals surface area (Å²) in [6.07, 6.45) is 5.56. The van der Waals surface area contributed by atoms with E-state index in [9.17, 15) is 0 Å². The molecule has 1 aliphatic rings. The van der Waals surface area contributed by atoms with Gasteiger partial charge >= 0.3 is 0 Å². The Balaban J connectivity index is 1.91. The average Bonchev–Trinajstić information content (AvgIpc) is 2.96. The van der Waals surface area contributed by atoms with Crippen molar-refractivity contribution in [2.24, 2.45) is 5.92 Å². The number of hydrogen-bond donors (Lipinski definition) is 1. The van der Waals surface area contributed by atoms with Crippen LogP contribution in [0, 0.1) is 5.92 Å². The molecule has 1 rings (SSSR count). The molecule has 0 spiro atoms. The lowest BCUT2D eigenvalue weighted by molar-refractivity contribution is 0.487. The molecule has 1 aliphatic heterocycles. The SMILES string of the molecule is CCNCCCCC(C)C1SC1CC. The predicted molar refractivity (Wildman–Crippen MR) is 67.0 cm³/mol. The normalized spacial score (nSPS) is 27.6. The van der Waals surface area contributed by atoms with Crippen LogP contribution in [0.3, 0.4) is 0 Å². The maximum absolute atomic E-state index is 3.38. The highest BCUT2D eigenvalue weighted by molar-refractivity contribution is 8.07. The van der Waals surface area contributed by atoms with Crippen LogP contribution in [-0.4, -0.2) is 23.6 Å². The summed E-state index contributed by atoms with van der Waals surface area (Å²) in [4.78, 5) is 0. The molecule has 0 aromatic carbocycles. The first kappa shape index (κ1) is 12.4. The molecule has 0 aromatic heterocycles. The van der Waals surface area contributed by atoms with Gasteiger partial charge in [-0.15, -0.1) is 0 Å². The molecule has 0 aliphatic carbocycles. The minimum atomic E-state index is 0.951. The fourth-order valence-corrected chi connectivity index (χ4v) is 3.41. The van der Waals surface area contributed by atoms with Crippen molar-refractivity contribution in [3.05, 3.63) is 0 Å². The number of nitrogens with one attached hydrogen (secondary N) is 1. The van der Waals surface area contributed by atoms with Gasteiger partial charge < -0.3 is 5.32 Å². The van der Waals surface area contributed by atoms with E-state index in [-0.39, 0.29) is 0 Å². The summed E-state index contributed by atoms with van der Waals surface area (Å²) in [5, 5.41) is 5.38. The molecule has 0 bridgehead atoms. The summed E-state index contributed by atoms with van der Waals surface area (Å²) in [6, 6.07) is 0. The van der Waals surface area contributed by atoms with E-state index in [0.717, 1.165) is 23.0 Å². The van der Waals surface area contributed by atoms with Gasteiger partial charge in [0.25, 0.3) is 0 Å². The Morgan fingerprint density at radius 3 is 2.64 bits per heavy atom. The van der Waals surface area contributed by atoms with Gasteiger partial charge in [0.2, 0.25) is 0 Å². The molecular formula is C12H25NS. The zero-order valence-corrected chi connectivity index (χ0v) is 10.7. The van der Waals surface area contributed by atoms with Crippen molar-refractivity contribution in [3.63, 3.8) is 0 Å². The molecule has 0 amide bonds. The summed E-state index contributed by atoms with van der Waals surface area (Å²) >= 11 is 2.20. The molecule has 3 unspecified atom stereocenters. The topological polar surface area (TPSA) is 12.0 Å². The van der Waals surface area contributed by atoms with E-state index in [1.54, 1.807) is 0 Å². The Labute approximate surface area is 93.4 Å². The van der Waals surface area contributed by atoms with Crippen LogP contribution in [0.4, 0.5) is 0 Å². The second-order valence-electron chi connectivity index (χ2n) is 4.37. The number of unbranched alkanes of at least 4 members (excludes halogenated alkanes) is 1. The van der Waals surface area contributed by atoms with Crippen LogP contribution in [0.2, 0.25) is 0 Å². The Morgan fingerprint density at radius 1 is 1.29 bits per heavy atom. The van der Waals surface area contributed by atoms with Crippen molar-refractivity contribution < 1.29 is 0 Å². The van der Waals surface area contributed by atoms with Gasteiger partial charge in [-0.05, 0) is 38.3 Å². The minimum absolute atomic E-state index is 0.951. The van der Waals surface area contributed by atoms with Crippen molar-refractivity contribution in [2.45, 2.75) is 57.0 Å². The van der Waals surface area contributed by atoms with Crippen LogP contribution in [-0.2, 0) is 0 Å². The Bertz CT molecular complexity index is 149. The molecule has 14 heavy (non-hydrogen) atoms. The Morgan fingerprint density at radius 2 is 2.07 bits per heavy atom. The molecule has 1 N–H and O–H groups in total. The first-order valence-corrected chi connectivity index (χ1v) is 7.10. The standard InChI is InChI=1S/C12H25NS/c1-4-11-12(14-11)10(3)8-6-7-9-13-5-2/h10-13H,4-9H2,1-3H3. The highest BCUT2D eigenvalue weighted by Gasteiger charge is 2.39. The third kappa shape index (κ3) is 4.22. The summed E-state index contributed by atoms with van der Waals surface area (Å²) in [7, 11) is 0. The van der Waals surface area contributed by atoms with Gasteiger partial charge in [0.1, 0.15) is 0 Å². The molecule has 0 aromatic rings. The maximum atomic E-state index is 3.38. The van der Waals surface area contributed by atoms with Crippen molar-refractivity contribution >= 4 is 11.8 Å². The predicted octanol–water partition coefficient (Wildman–Crippen LogP) is 3.30. The molecule has 2 heteroatoms. The second kappa shape index (κ2) is 6.73. The molecule has 1 nitrogen and oxygen atoms in total. The number of hydrogen-bond acceptors (Lipinski definition) is 2. The second-order valence-corrected chi connectivity index (χ2v) is 5.80. The summed E-state index contributed by atoms with van der Waals surface area (Å²) in [6.45, 7) is 9.25. The molecule has 1 saturated heterocycles. The average molecular weight is 215 g/mol. The summed E-state index contributed by atoms with van der Waals surface area (Å²) < 4.78 is 0. The third-order valence-corrected chi connectivity index (χ3v) is 4.87. The van der Waals surface area contributed by atoms with Crippen molar-refractivity contribution in [2.75, 3.05) is 13.1 Å². The molecule has 1 fully saturated rings. The first-order valence-electron chi connectivity index (χ1n) is 6.15. The van der Waals surface area contributed by atoms with E-state index in [4.69, 9.17) is 0 Å². The van der Waals surface area contributed by atoms with Gasteiger partial charge in [-0.2, -0.15) is 11.8 Å². The van der Waals surface area contributed by atoms with E-state index in [0.29, 0.717) is 0 Å². The van der Waals surface area contributed by atoms with E-state index in [1.165, 1.54) is 32.2 Å². The van der Waals surface area contributed by atoms with Crippen LogP contribution < -0.4 is 5.32 Å². The van der Waals surface area contributed by atoms with Crippen LogP contribution in [0.5, 0.6) is 0 Å². The lowest BCUT2D eigenvalue weighted by atomic mass is 9.98. The molecule has 0 radical (unpaired) electrons. The molecule has 3 atom stereocenters. The first-order chi connectivity index (χ1) is 6.79. The summed E-state index contributed by atoms with van der Waals surface area (Å²) in [5.74, 6) is 0.951. The Hall–Kier alpha value is 0.310. The third-order valence-electron chi connectivity index (χ3n) is 3.10. The lowest BCUT2D eigenvalue weighted by Crippen LogP contribution is -2.14. The minimum Gasteiger partial charge on any atom is -0.317 e. The highest BCUT2D eigenvalue weighted by atomic mass is 32.2. The monoisotopic (exact) mass is 215 g/mol. The fourth-order valence-electron chi connectivity index (χ4n) is 2.04. The van der Waals surface area contributed by atoms with Crippen LogP contribution >= 0.6 is 11.8 Å². The zero-order chi connectivity index (χ0) is 10.4. The molecule has 84 valence electrons. The highest BCUT2D eigenvalue weighted by Crippen LogP contribution is 2.49. The van der Waals surface area contributed by atoms with Gasteiger partial charge in [-0.25, -0.2) is 0 Å². The van der Waals surface area contributed by atoms with Crippen molar-refractivity contribution in [3.8, 4) is 0 Å². The van der Waals surface area contributed by atoms with Crippen LogP contribution in [0.15, 0.2) is 0 Å². The van der Waals surface area contributed by atoms with E-state index < -0.39 is 0 Å². The van der Waals surface area contributed by atoms with E-state index in [2.05, 4.69) is 37.8 Å². The van der Waals surface area contributed by atoms with Crippen LogP contribution in [0.1, 0.15) is 46.5 Å². The zero-order valence-electron chi connectivity index (χ0n) is 9.88. The van der Waals surface area contributed by atoms with Crippen molar-refractivity contribution in [1.29, 1.82) is 0 Å². The quantitative estimate of drug-likeness (QED) is 0.492. The van der Waals surface area contributed by atoms with Gasteiger partial charge in [0, 0.05) is 10.5 Å². The lowest BCUT2D eigenvalue weighted by Gasteiger charge is -2.09. The van der Waals surface area contributed by atoms with Gasteiger partial charge in [0.05, 0.1) is 0 Å². The maximum Gasteiger partial charge on any atom is 0.0195 e. The molecule has 0 saturated carbocycles. The Kier molecular flexibility index (Phi) is 5.95. The number of rotatable bonds is 8. The molecule has 1 heterocycles. The molecular weight excluding hydrogens is 190 g/mol. The number of thioether (sulfide) groups is 1. The smallest absolute Gasteiger partial charge is 0.0195 e. The van der Waals surface area contributed by atoms with Gasteiger partial charge in [-0.3, -0.25) is 0 Å². The fraction of sp³-hybridized carbons (Fsp3) is 1.00. The largest absolute Gasteiger partial charge is 0.317 e. The van der Waals surface area contributed by atoms with Crippen molar-refractivity contribution in [1.82, 2.24) is 5.32 Å². The summed E-state index contributed by atoms with van der Waals surface area (Å²) in [5.41, 5.74) is 0. The van der Waals surface area contributed by atoms with Gasteiger partial charge in [0.15, 0.2) is 0 Å². The van der Waals surface area contributed by atoms with Gasteiger partial charge in [-0.1, -0.05) is 27.2 Å². The van der Waals surface area contributed by atoms with Crippen LogP contribution in [0.25, 0.3) is 0 Å². The van der Waals surface area contributed by atoms with E-state index >= 15 is 0 Å².